The molecule has 2 aliphatic carbocycles. The zero-order valence-corrected chi connectivity index (χ0v) is 17.4. The molecule has 0 saturated carbocycles. The first-order valence-corrected chi connectivity index (χ1v) is 10.9. The summed E-state index contributed by atoms with van der Waals surface area (Å²) in [5.74, 6) is 1.69. The molecule has 0 aromatic heterocycles. The van der Waals surface area contributed by atoms with E-state index in [4.69, 9.17) is 4.74 Å². The number of hydrogen-bond donors (Lipinski definition) is 0. The van der Waals surface area contributed by atoms with Crippen LogP contribution in [0.25, 0.3) is 0 Å². The summed E-state index contributed by atoms with van der Waals surface area (Å²) in [6.45, 7) is 0.999. The Bertz CT molecular complexity index is 965. The summed E-state index contributed by atoms with van der Waals surface area (Å²) in [5, 5.41) is 0. The summed E-state index contributed by atoms with van der Waals surface area (Å²) >= 11 is 0. The van der Waals surface area contributed by atoms with Crippen molar-refractivity contribution >= 4 is 12.4 Å². The van der Waals surface area contributed by atoms with Gasteiger partial charge in [0.2, 0.25) is 0 Å². The summed E-state index contributed by atoms with van der Waals surface area (Å²) < 4.78 is 7.02. The molecule has 5 atom stereocenters. The van der Waals surface area contributed by atoms with Crippen LogP contribution >= 0.6 is 12.4 Å². The fraction of sp³-hybridized carbons (Fsp3) is 0.440. The number of halogens is 1. The quantitative estimate of drug-likeness (QED) is 0.515. The highest BCUT2D eigenvalue weighted by Gasteiger charge is 2.48. The van der Waals surface area contributed by atoms with Crippen molar-refractivity contribution in [3.8, 4) is 0 Å². The van der Waals surface area contributed by atoms with E-state index in [2.05, 4.69) is 64.9 Å². The number of hydrogen-bond acceptors (Lipinski definition) is 3. The zero-order chi connectivity index (χ0) is 18.2. The van der Waals surface area contributed by atoms with Gasteiger partial charge in [0.1, 0.15) is 6.10 Å². The third-order valence-electron chi connectivity index (χ3n) is 7.70. The van der Waals surface area contributed by atoms with E-state index in [0.29, 0.717) is 23.9 Å². The Morgan fingerprint density at radius 2 is 1.83 bits per heavy atom. The average molecular weight is 407 g/mol. The largest absolute Gasteiger partial charge is 0.365 e. The third kappa shape index (κ3) is 2.47. The molecule has 5 heterocycles. The fourth-order valence-corrected chi connectivity index (χ4v) is 6.69. The molecule has 0 aromatic rings. The second-order valence-electron chi connectivity index (χ2n) is 9.22. The molecular weight excluding hydrogens is 380 g/mol. The van der Waals surface area contributed by atoms with E-state index >= 15 is 0 Å². The molecule has 29 heavy (non-hydrogen) atoms. The Balaban J connectivity index is 0.00000165. The lowest BCUT2D eigenvalue weighted by molar-refractivity contribution is -0.0737. The van der Waals surface area contributed by atoms with Gasteiger partial charge in [0.25, 0.3) is 0 Å². The van der Waals surface area contributed by atoms with E-state index in [9.17, 15) is 0 Å². The van der Waals surface area contributed by atoms with E-state index in [1.54, 1.807) is 16.8 Å². The van der Waals surface area contributed by atoms with Crippen LogP contribution in [0.2, 0.25) is 0 Å². The molecule has 5 aliphatic heterocycles. The van der Waals surface area contributed by atoms with Crippen LogP contribution in [0.1, 0.15) is 32.1 Å². The van der Waals surface area contributed by atoms with Crippen molar-refractivity contribution in [2.45, 2.75) is 44.3 Å². The van der Waals surface area contributed by atoms with Crippen LogP contribution in [0.5, 0.6) is 0 Å². The van der Waals surface area contributed by atoms with E-state index in [0.717, 1.165) is 25.8 Å². The number of nitrogens with zero attached hydrogens (tertiary/aromatic N) is 2. The lowest BCUT2D eigenvalue weighted by atomic mass is 9.67. The third-order valence-corrected chi connectivity index (χ3v) is 7.70. The van der Waals surface area contributed by atoms with Gasteiger partial charge in [-0.2, -0.15) is 0 Å². The Morgan fingerprint density at radius 3 is 2.79 bits per heavy atom. The van der Waals surface area contributed by atoms with Gasteiger partial charge in [0.15, 0.2) is 0 Å². The van der Waals surface area contributed by atoms with Crippen molar-refractivity contribution in [3.63, 3.8) is 0 Å². The minimum absolute atomic E-state index is 0. The van der Waals surface area contributed by atoms with Gasteiger partial charge in [-0.25, -0.2) is 0 Å². The number of fused-ring (bicyclic) bond motifs is 4. The molecule has 150 valence electrons. The zero-order valence-electron chi connectivity index (χ0n) is 16.5. The van der Waals surface area contributed by atoms with Crippen LogP contribution in [0.15, 0.2) is 83.2 Å². The van der Waals surface area contributed by atoms with E-state index < -0.39 is 0 Å². The van der Waals surface area contributed by atoms with Gasteiger partial charge in [-0.1, -0.05) is 36.5 Å². The Kier molecular flexibility index (Phi) is 4.01. The summed E-state index contributed by atoms with van der Waals surface area (Å²) in [4.78, 5) is 4.80. The molecule has 0 aromatic carbocycles. The second-order valence-corrected chi connectivity index (χ2v) is 9.22. The summed E-state index contributed by atoms with van der Waals surface area (Å²) in [6, 6.07) is 0. The van der Waals surface area contributed by atoms with Crippen LogP contribution < -0.4 is 0 Å². The topological polar surface area (TPSA) is 15.7 Å². The van der Waals surface area contributed by atoms with Crippen molar-refractivity contribution in [1.29, 1.82) is 0 Å². The molecule has 0 spiro atoms. The average Bonchev–Trinajstić information content (AvgIpc) is 2.74. The molecule has 0 amide bonds. The minimum Gasteiger partial charge on any atom is -0.365 e. The molecule has 1 saturated heterocycles. The Labute approximate surface area is 178 Å². The van der Waals surface area contributed by atoms with Gasteiger partial charge >= 0.3 is 0 Å². The first-order valence-electron chi connectivity index (χ1n) is 10.9. The maximum absolute atomic E-state index is 7.02. The lowest BCUT2D eigenvalue weighted by Gasteiger charge is -2.52. The van der Waals surface area contributed by atoms with Crippen LogP contribution in [0, 0.1) is 17.8 Å². The summed E-state index contributed by atoms with van der Waals surface area (Å²) in [6.07, 6.45) is 27.3. The Morgan fingerprint density at radius 1 is 0.931 bits per heavy atom. The SMILES string of the molecule is C1=CN2C=CCC3C2=C(C1)CC1CC2=CC4CC=CN5CC=CC(=C45)C2OC13.Cl. The van der Waals surface area contributed by atoms with E-state index in [-0.39, 0.29) is 18.5 Å². The van der Waals surface area contributed by atoms with Gasteiger partial charge in [0.05, 0.1) is 6.10 Å². The molecule has 1 fully saturated rings. The smallest absolute Gasteiger partial charge is 0.106 e. The summed E-state index contributed by atoms with van der Waals surface area (Å²) in [7, 11) is 0. The number of allylic oxidation sites excluding steroid dienone is 5. The van der Waals surface area contributed by atoms with E-state index in [1.807, 2.05) is 0 Å². The monoisotopic (exact) mass is 406 g/mol. The molecule has 7 rings (SSSR count). The highest BCUT2D eigenvalue weighted by Crippen LogP contribution is 2.52. The van der Waals surface area contributed by atoms with Crippen LogP contribution in [-0.2, 0) is 4.74 Å². The highest BCUT2D eigenvalue weighted by molar-refractivity contribution is 5.85. The molecule has 5 unspecified atom stereocenters. The fourth-order valence-electron chi connectivity index (χ4n) is 6.69. The highest BCUT2D eigenvalue weighted by atomic mass is 35.5. The van der Waals surface area contributed by atoms with Gasteiger partial charge < -0.3 is 14.5 Å². The Hall–Kier alpha value is -1.97. The normalized spacial score (nSPS) is 38.1. The molecule has 7 aliphatic rings. The van der Waals surface area contributed by atoms with Crippen LogP contribution in [-0.4, -0.2) is 28.6 Å². The second kappa shape index (κ2) is 6.52. The molecule has 4 heteroatoms. The first kappa shape index (κ1) is 17.9. The molecule has 0 radical (unpaired) electrons. The molecule has 3 nitrogen and oxygen atoms in total. The van der Waals surface area contributed by atoms with E-state index in [1.165, 1.54) is 24.1 Å². The van der Waals surface area contributed by atoms with Crippen molar-refractivity contribution < 1.29 is 4.74 Å². The van der Waals surface area contributed by atoms with Gasteiger partial charge in [-0.05, 0) is 49.2 Å². The van der Waals surface area contributed by atoms with Gasteiger partial charge in [-0.15, -0.1) is 12.4 Å². The van der Waals surface area contributed by atoms with Crippen molar-refractivity contribution in [2.24, 2.45) is 17.8 Å². The minimum atomic E-state index is 0. The molecule has 0 bridgehead atoms. The number of ether oxygens (including phenoxy) is 1. The van der Waals surface area contributed by atoms with Crippen molar-refractivity contribution in [2.75, 3.05) is 6.54 Å². The summed E-state index contributed by atoms with van der Waals surface area (Å²) in [5.41, 5.74) is 7.68. The predicted molar refractivity (Wildman–Crippen MR) is 117 cm³/mol. The predicted octanol–water partition coefficient (Wildman–Crippen LogP) is 5.19. The van der Waals surface area contributed by atoms with Crippen LogP contribution in [0.4, 0.5) is 0 Å². The molecule has 0 N–H and O–H groups in total. The van der Waals surface area contributed by atoms with Gasteiger partial charge in [-0.3, -0.25) is 0 Å². The number of rotatable bonds is 0. The maximum atomic E-state index is 7.02. The van der Waals surface area contributed by atoms with Crippen molar-refractivity contribution in [3.05, 3.63) is 83.2 Å². The molecular formula is C25H27ClN2O. The van der Waals surface area contributed by atoms with Gasteiger partial charge in [0, 0.05) is 53.9 Å². The standard InChI is InChI=1S/C25H26N2O.ClH/c1-5-16-13-18-15-19-14-17-6-2-10-27-12-4-8-21(23(17)27)25(19)28-24(18)20-7-3-11-26(9-1)22(16)20;/h1-4,7,9-10,12-13,16,19,21,24-25H,5-6,8,11,14-15H2;1H. The van der Waals surface area contributed by atoms with Crippen LogP contribution in [0.3, 0.4) is 0 Å². The van der Waals surface area contributed by atoms with Crippen molar-refractivity contribution in [1.82, 2.24) is 9.80 Å². The lowest BCUT2D eigenvalue weighted by Crippen LogP contribution is -2.49. The maximum Gasteiger partial charge on any atom is 0.106 e. The first-order chi connectivity index (χ1) is 13.9.